The molecule has 0 unspecified atom stereocenters. The zero-order valence-corrected chi connectivity index (χ0v) is 18.7. The molecule has 5 rings (SSSR count). The Morgan fingerprint density at radius 2 is 1.79 bits per heavy atom. The number of amides is 1. The quantitative estimate of drug-likeness (QED) is 0.145. The number of anilines is 1. The first-order valence-corrected chi connectivity index (χ1v) is 11.1. The fourth-order valence-corrected chi connectivity index (χ4v) is 4.98. The molecule has 168 valence electrons. The smallest absolute Gasteiger partial charge is 0.301 e. The number of hydrogen-bond donors (Lipinski definition) is 1. The van der Waals surface area contributed by atoms with Crippen molar-refractivity contribution >= 4 is 49.8 Å². The molecule has 8 nitrogen and oxygen atoms in total. The third kappa shape index (κ3) is 3.52. The average Bonchev–Trinajstić information content (AvgIpc) is 3.37. The molecule has 0 radical (unpaired) electrons. The topological polar surface area (TPSA) is 114 Å². The van der Waals surface area contributed by atoms with E-state index in [0.29, 0.717) is 16.6 Å². The summed E-state index contributed by atoms with van der Waals surface area (Å²) < 4.78 is 0.815. The number of carbonyl (C=O) groups is 2. The van der Waals surface area contributed by atoms with Gasteiger partial charge in [0.15, 0.2) is 5.13 Å². The van der Waals surface area contributed by atoms with Crippen LogP contribution in [0.15, 0.2) is 78.4 Å². The molecule has 0 aliphatic carbocycles. The number of aromatic nitrogens is 1. The van der Waals surface area contributed by atoms with Crippen LogP contribution in [-0.4, -0.2) is 26.7 Å². The number of ketones is 1. The fourth-order valence-electron chi connectivity index (χ4n) is 3.98. The predicted molar refractivity (Wildman–Crippen MR) is 129 cm³/mol. The number of nitrogens with zero attached hydrogens (tertiary/aromatic N) is 3. The number of aliphatic hydroxyl groups excluding tert-OH is 1. The lowest BCUT2D eigenvalue weighted by Crippen LogP contribution is -2.29. The number of carbonyl (C=O) groups excluding carboxylic acids is 2. The van der Waals surface area contributed by atoms with Gasteiger partial charge >= 0.3 is 5.91 Å². The van der Waals surface area contributed by atoms with Crippen LogP contribution in [0.1, 0.15) is 22.7 Å². The van der Waals surface area contributed by atoms with Crippen molar-refractivity contribution in [3.63, 3.8) is 0 Å². The lowest BCUT2D eigenvalue weighted by molar-refractivity contribution is -0.384. The van der Waals surface area contributed by atoms with Crippen LogP contribution in [-0.2, 0) is 9.59 Å². The second-order valence-corrected chi connectivity index (χ2v) is 8.86. The minimum absolute atomic E-state index is 0.145. The first kappa shape index (κ1) is 21.5. The molecular formula is C25H17N3O5S. The number of nitro groups is 1. The van der Waals surface area contributed by atoms with Crippen molar-refractivity contribution in [2.45, 2.75) is 13.0 Å². The largest absolute Gasteiger partial charge is 0.507 e. The number of fused-ring (bicyclic) bond motifs is 1. The summed E-state index contributed by atoms with van der Waals surface area (Å²) in [6.07, 6.45) is 0. The summed E-state index contributed by atoms with van der Waals surface area (Å²) in [7, 11) is 0. The van der Waals surface area contributed by atoms with Crippen LogP contribution >= 0.6 is 11.3 Å². The van der Waals surface area contributed by atoms with E-state index in [-0.39, 0.29) is 22.2 Å². The Balaban J connectivity index is 1.75. The number of Topliss-reactive ketones (excluding diaryl/α,β-unsaturated/α-hetero) is 1. The molecule has 0 spiro atoms. The number of nitro benzene ring substituents is 1. The molecule has 0 saturated carbocycles. The van der Waals surface area contributed by atoms with Gasteiger partial charge in [0.2, 0.25) is 0 Å². The van der Waals surface area contributed by atoms with E-state index in [1.54, 1.807) is 36.4 Å². The molecule has 1 aliphatic rings. The van der Waals surface area contributed by atoms with Gasteiger partial charge in [-0.3, -0.25) is 24.6 Å². The van der Waals surface area contributed by atoms with Gasteiger partial charge in [-0.2, -0.15) is 0 Å². The van der Waals surface area contributed by atoms with Crippen molar-refractivity contribution in [1.29, 1.82) is 0 Å². The number of rotatable bonds is 4. The van der Waals surface area contributed by atoms with E-state index in [2.05, 4.69) is 4.98 Å². The summed E-state index contributed by atoms with van der Waals surface area (Å²) >= 11 is 1.22. The number of aliphatic hydroxyl groups is 1. The molecule has 3 aromatic carbocycles. The highest BCUT2D eigenvalue weighted by Crippen LogP contribution is 2.44. The number of thiazole rings is 1. The normalized spacial score (nSPS) is 17.4. The highest BCUT2D eigenvalue weighted by Gasteiger charge is 2.48. The Morgan fingerprint density at radius 3 is 2.50 bits per heavy atom. The molecule has 1 amide bonds. The van der Waals surface area contributed by atoms with E-state index in [1.165, 1.54) is 34.4 Å². The molecule has 1 N–H and O–H groups in total. The Bertz CT molecular complexity index is 1470. The van der Waals surface area contributed by atoms with Crippen LogP contribution < -0.4 is 4.90 Å². The van der Waals surface area contributed by atoms with Gasteiger partial charge in [-0.1, -0.05) is 65.4 Å². The Morgan fingerprint density at radius 1 is 1.06 bits per heavy atom. The van der Waals surface area contributed by atoms with E-state index in [0.717, 1.165) is 10.3 Å². The lowest BCUT2D eigenvalue weighted by Gasteiger charge is -2.22. The minimum Gasteiger partial charge on any atom is -0.507 e. The van der Waals surface area contributed by atoms with Crippen LogP contribution in [0.25, 0.3) is 16.0 Å². The molecule has 9 heteroatoms. The number of non-ortho nitro benzene ring substituents is 1. The van der Waals surface area contributed by atoms with Crippen LogP contribution in [0, 0.1) is 17.0 Å². The Labute approximate surface area is 197 Å². The van der Waals surface area contributed by atoms with Gasteiger partial charge in [-0.05, 0) is 24.6 Å². The first-order chi connectivity index (χ1) is 16.3. The third-order valence-corrected chi connectivity index (χ3v) is 6.69. The lowest BCUT2D eigenvalue weighted by atomic mass is 9.95. The maximum Gasteiger partial charge on any atom is 0.301 e. The summed E-state index contributed by atoms with van der Waals surface area (Å²) in [6.45, 7) is 1.89. The molecule has 2 heterocycles. The van der Waals surface area contributed by atoms with E-state index in [4.69, 9.17) is 0 Å². The third-order valence-electron chi connectivity index (χ3n) is 5.65. The van der Waals surface area contributed by atoms with Gasteiger partial charge in [0.05, 0.1) is 26.8 Å². The average molecular weight is 471 g/mol. The van der Waals surface area contributed by atoms with Gasteiger partial charge in [0.1, 0.15) is 5.76 Å². The van der Waals surface area contributed by atoms with E-state index < -0.39 is 22.7 Å². The number of hydrogen-bond acceptors (Lipinski definition) is 7. The van der Waals surface area contributed by atoms with Crippen LogP contribution in [0.3, 0.4) is 0 Å². The molecule has 1 atom stereocenters. The molecule has 4 aromatic rings. The molecular weight excluding hydrogens is 454 g/mol. The van der Waals surface area contributed by atoms with E-state index >= 15 is 0 Å². The zero-order valence-electron chi connectivity index (χ0n) is 17.8. The summed E-state index contributed by atoms with van der Waals surface area (Å²) in [6, 6.07) is 18.8. The van der Waals surface area contributed by atoms with Gasteiger partial charge in [-0.15, -0.1) is 0 Å². The second-order valence-electron chi connectivity index (χ2n) is 7.85. The van der Waals surface area contributed by atoms with Crippen LogP contribution in [0.5, 0.6) is 0 Å². The molecule has 1 aliphatic heterocycles. The predicted octanol–water partition coefficient (Wildman–Crippen LogP) is 5.14. The zero-order chi connectivity index (χ0) is 24.0. The molecule has 0 bridgehead atoms. The van der Waals surface area contributed by atoms with Crippen LogP contribution in [0.2, 0.25) is 0 Å². The number of benzene rings is 3. The Hall–Kier alpha value is -4.37. The van der Waals surface area contributed by atoms with Gasteiger partial charge < -0.3 is 5.11 Å². The monoisotopic (exact) mass is 471 g/mol. The fraction of sp³-hybridized carbons (Fsp3) is 0.0800. The van der Waals surface area contributed by atoms with Crippen molar-refractivity contribution in [3.8, 4) is 0 Å². The van der Waals surface area contributed by atoms with Gasteiger partial charge in [0, 0.05) is 17.7 Å². The molecule has 34 heavy (non-hydrogen) atoms. The van der Waals surface area contributed by atoms with Gasteiger partial charge in [0.25, 0.3) is 11.5 Å². The van der Waals surface area contributed by atoms with Crippen LogP contribution in [0.4, 0.5) is 10.8 Å². The Kier molecular flexibility index (Phi) is 5.18. The van der Waals surface area contributed by atoms with E-state index in [9.17, 15) is 24.8 Å². The molecule has 1 aromatic heterocycles. The molecule has 1 saturated heterocycles. The summed E-state index contributed by atoms with van der Waals surface area (Å²) in [5, 5.41) is 22.8. The number of aryl methyl sites for hydroxylation is 1. The highest BCUT2D eigenvalue weighted by molar-refractivity contribution is 7.22. The van der Waals surface area contributed by atoms with E-state index in [1.807, 2.05) is 25.1 Å². The van der Waals surface area contributed by atoms with Crippen molar-refractivity contribution in [1.82, 2.24) is 4.98 Å². The van der Waals surface area contributed by atoms with Crippen molar-refractivity contribution in [2.24, 2.45) is 0 Å². The minimum atomic E-state index is -1.08. The van der Waals surface area contributed by atoms with Crippen molar-refractivity contribution in [3.05, 3.63) is 105 Å². The van der Waals surface area contributed by atoms with Crippen molar-refractivity contribution in [2.75, 3.05) is 4.90 Å². The maximum absolute atomic E-state index is 13.2. The second kappa shape index (κ2) is 8.20. The SMILES string of the molecule is Cc1ccc(C(O)=C2C(=O)C(=O)N(c3nc4ccccc4s3)[C@H]2c2cccc([N+](=O)[O-])c2)cc1. The maximum atomic E-state index is 13.2. The van der Waals surface area contributed by atoms with Gasteiger partial charge in [-0.25, -0.2) is 4.98 Å². The number of para-hydroxylation sites is 1. The van der Waals surface area contributed by atoms with Crippen molar-refractivity contribution < 1.29 is 19.6 Å². The first-order valence-electron chi connectivity index (χ1n) is 10.3. The standard InChI is InChI=1S/C25H17N3O5S/c1-14-9-11-15(12-10-14)22(29)20-21(16-5-4-6-17(13-16)28(32)33)27(24(31)23(20)30)25-26-18-7-2-3-8-19(18)34-25/h2-13,21,29H,1H3/t21-/m0/s1. The summed E-state index contributed by atoms with van der Waals surface area (Å²) in [5.74, 6) is -2.09. The highest BCUT2D eigenvalue weighted by atomic mass is 32.1. The molecule has 1 fully saturated rings. The summed E-state index contributed by atoms with van der Waals surface area (Å²) in [4.78, 5) is 43.1. The summed E-state index contributed by atoms with van der Waals surface area (Å²) in [5.41, 5.74) is 1.96.